The Labute approximate surface area is 113 Å². The predicted octanol–water partition coefficient (Wildman–Crippen LogP) is 4.57. The second-order valence-electron chi connectivity index (χ2n) is 5.19. The molecule has 2 heteroatoms. The van der Waals surface area contributed by atoms with E-state index in [0.717, 1.165) is 30.2 Å². The Morgan fingerprint density at radius 1 is 1.18 bits per heavy atom. The zero-order valence-electron chi connectivity index (χ0n) is 11.0. The molecule has 1 rings (SSSR count). The third-order valence-electron chi connectivity index (χ3n) is 3.38. The molecule has 0 heterocycles. The number of aliphatic hydroxyl groups is 1. The molecule has 0 saturated heterocycles. The molecule has 1 nitrogen and oxygen atoms in total. The van der Waals surface area contributed by atoms with E-state index in [1.54, 1.807) is 0 Å². The summed E-state index contributed by atoms with van der Waals surface area (Å²) in [5.74, 6) is 0.625. The summed E-state index contributed by atoms with van der Waals surface area (Å²) in [6.07, 6.45) is 3.91. The van der Waals surface area contributed by atoms with Gasteiger partial charge in [0.25, 0.3) is 0 Å². The van der Waals surface area contributed by atoms with Gasteiger partial charge >= 0.3 is 0 Å². The second-order valence-corrected chi connectivity index (χ2v) is 6.10. The third-order valence-corrected chi connectivity index (χ3v) is 3.91. The molecule has 0 fully saturated rings. The van der Waals surface area contributed by atoms with Crippen LogP contribution in [0.15, 0.2) is 28.7 Å². The summed E-state index contributed by atoms with van der Waals surface area (Å²) in [5, 5.41) is 10.5. The Morgan fingerprint density at radius 2 is 1.71 bits per heavy atom. The zero-order valence-corrected chi connectivity index (χ0v) is 12.6. The van der Waals surface area contributed by atoms with Crippen molar-refractivity contribution in [3.63, 3.8) is 0 Å². The minimum Gasteiger partial charge on any atom is -0.390 e. The highest BCUT2D eigenvalue weighted by molar-refractivity contribution is 9.10. The fourth-order valence-corrected chi connectivity index (χ4v) is 2.58. The van der Waals surface area contributed by atoms with Crippen LogP contribution in [0.25, 0.3) is 0 Å². The van der Waals surface area contributed by atoms with E-state index in [9.17, 15) is 5.11 Å². The maximum atomic E-state index is 10.5. The van der Waals surface area contributed by atoms with Gasteiger partial charge in [-0.25, -0.2) is 0 Å². The van der Waals surface area contributed by atoms with E-state index in [1.807, 2.05) is 19.1 Å². The zero-order chi connectivity index (χ0) is 12.9. The lowest BCUT2D eigenvalue weighted by atomic mass is 9.84. The van der Waals surface area contributed by atoms with E-state index in [1.165, 1.54) is 5.56 Å². The first kappa shape index (κ1) is 14.7. The minimum atomic E-state index is -0.593. The number of halogens is 1. The van der Waals surface area contributed by atoms with E-state index < -0.39 is 5.60 Å². The lowest BCUT2D eigenvalue weighted by Crippen LogP contribution is -2.30. The van der Waals surface area contributed by atoms with Crippen molar-refractivity contribution in [1.29, 1.82) is 0 Å². The van der Waals surface area contributed by atoms with Gasteiger partial charge in [-0.3, -0.25) is 0 Å². The summed E-state index contributed by atoms with van der Waals surface area (Å²) in [7, 11) is 0. The summed E-state index contributed by atoms with van der Waals surface area (Å²) in [5.41, 5.74) is 0.606. The summed E-state index contributed by atoms with van der Waals surface area (Å²) in [6.45, 7) is 6.35. The monoisotopic (exact) mass is 298 g/mol. The van der Waals surface area contributed by atoms with Crippen molar-refractivity contribution in [3.8, 4) is 0 Å². The van der Waals surface area contributed by atoms with Gasteiger partial charge in [-0.2, -0.15) is 0 Å². The molecule has 0 spiro atoms. The molecule has 1 aromatic rings. The molecular formula is C15H23BrO. The molecule has 0 saturated carbocycles. The molecule has 1 N–H and O–H groups in total. The van der Waals surface area contributed by atoms with Crippen LogP contribution < -0.4 is 0 Å². The van der Waals surface area contributed by atoms with Crippen LogP contribution in [0.1, 0.15) is 45.6 Å². The van der Waals surface area contributed by atoms with Gasteiger partial charge in [0, 0.05) is 10.9 Å². The fourth-order valence-electron chi connectivity index (χ4n) is 2.31. The van der Waals surface area contributed by atoms with Crippen LogP contribution in [0.2, 0.25) is 0 Å². The SMILES string of the molecule is CCC(CC)CC(C)(O)Cc1ccc(Br)cc1. The molecule has 1 aromatic carbocycles. The van der Waals surface area contributed by atoms with Crippen molar-refractivity contribution in [2.45, 2.75) is 52.1 Å². The standard InChI is InChI=1S/C15H23BrO/c1-4-12(5-2)10-15(3,17)11-13-6-8-14(16)9-7-13/h6-9,12,17H,4-5,10-11H2,1-3H3. The van der Waals surface area contributed by atoms with Crippen LogP contribution in [0.3, 0.4) is 0 Å². The molecule has 0 bridgehead atoms. The molecule has 17 heavy (non-hydrogen) atoms. The quantitative estimate of drug-likeness (QED) is 0.816. The minimum absolute atomic E-state index is 0.593. The topological polar surface area (TPSA) is 20.2 Å². The van der Waals surface area contributed by atoms with Crippen LogP contribution in [0.5, 0.6) is 0 Å². The van der Waals surface area contributed by atoms with Gasteiger partial charge in [0.15, 0.2) is 0 Å². The van der Waals surface area contributed by atoms with Gasteiger partial charge in [-0.15, -0.1) is 0 Å². The van der Waals surface area contributed by atoms with E-state index >= 15 is 0 Å². The first-order chi connectivity index (χ1) is 7.96. The number of hydrogen-bond donors (Lipinski definition) is 1. The number of rotatable bonds is 6. The fraction of sp³-hybridized carbons (Fsp3) is 0.600. The van der Waals surface area contributed by atoms with Crippen molar-refractivity contribution in [1.82, 2.24) is 0 Å². The Hall–Kier alpha value is -0.340. The molecule has 0 amide bonds. The van der Waals surface area contributed by atoms with Gasteiger partial charge in [0.05, 0.1) is 5.60 Å². The number of hydrogen-bond acceptors (Lipinski definition) is 1. The molecular weight excluding hydrogens is 276 g/mol. The molecule has 96 valence electrons. The summed E-state index contributed by atoms with van der Waals surface area (Å²) >= 11 is 3.43. The van der Waals surface area contributed by atoms with Crippen molar-refractivity contribution in [2.75, 3.05) is 0 Å². The molecule has 0 aliphatic rings. The highest BCUT2D eigenvalue weighted by atomic mass is 79.9. The highest BCUT2D eigenvalue weighted by Crippen LogP contribution is 2.26. The Balaban J connectivity index is 2.62. The largest absolute Gasteiger partial charge is 0.390 e. The van der Waals surface area contributed by atoms with Gasteiger partial charge in [-0.05, 0) is 37.0 Å². The van der Waals surface area contributed by atoms with Crippen molar-refractivity contribution in [3.05, 3.63) is 34.3 Å². The Kier molecular flexibility index (Phi) is 5.68. The molecule has 1 unspecified atom stereocenters. The average Bonchev–Trinajstić information content (AvgIpc) is 2.29. The maximum absolute atomic E-state index is 10.5. The average molecular weight is 299 g/mol. The van der Waals surface area contributed by atoms with Crippen LogP contribution in [-0.4, -0.2) is 10.7 Å². The highest BCUT2D eigenvalue weighted by Gasteiger charge is 2.24. The van der Waals surface area contributed by atoms with E-state index in [-0.39, 0.29) is 0 Å². The Morgan fingerprint density at radius 3 is 2.18 bits per heavy atom. The smallest absolute Gasteiger partial charge is 0.0662 e. The normalized spacial score (nSPS) is 14.9. The molecule has 0 aromatic heterocycles. The van der Waals surface area contributed by atoms with Crippen molar-refractivity contribution in [2.24, 2.45) is 5.92 Å². The summed E-state index contributed by atoms with van der Waals surface area (Å²) < 4.78 is 1.08. The molecule has 0 aliphatic carbocycles. The lowest BCUT2D eigenvalue weighted by Gasteiger charge is -2.27. The first-order valence-electron chi connectivity index (χ1n) is 6.43. The maximum Gasteiger partial charge on any atom is 0.0662 e. The van der Waals surface area contributed by atoms with Gasteiger partial charge in [-0.1, -0.05) is 54.8 Å². The van der Waals surface area contributed by atoms with Crippen LogP contribution in [-0.2, 0) is 6.42 Å². The van der Waals surface area contributed by atoms with Gasteiger partial charge in [0.2, 0.25) is 0 Å². The van der Waals surface area contributed by atoms with Crippen LogP contribution in [0, 0.1) is 5.92 Å². The first-order valence-corrected chi connectivity index (χ1v) is 7.23. The number of benzene rings is 1. The van der Waals surface area contributed by atoms with Gasteiger partial charge < -0.3 is 5.11 Å². The van der Waals surface area contributed by atoms with Crippen LogP contribution >= 0.6 is 15.9 Å². The van der Waals surface area contributed by atoms with Crippen molar-refractivity contribution >= 4 is 15.9 Å². The summed E-state index contributed by atoms with van der Waals surface area (Å²) in [4.78, 5) is 0. The van der Waals surface area contributed by atoms with E-state index in [0.29, 0.717) is 5.92 Å². The predicted molar refractivity (Wildman–Crippen MR) is 77.2 cm³/mol. The third kappa shape index (κ3) is 5.22. The molecule has 0 aliphatic heterocycles. The van der Waals surface area contributed by atoms with E-state index in [4.69, 9.17) is 0 Å². The second kappa shape index (κ2) is 6.55. The van der Waals surface area contributed by atoms with Gasteiger partial charge in [0.1, 0.15) is 0 Å². The van der Waals surface area contributed by atoms with Crippen LogP contribution in [0.4, 0.5) is 0 Å². The summed E-state index contributed by atoms with van der Waals surface area (Å²) in [6, 6.07) is 8.21. The van der Waals surface area contributed by atoms with E-state index in [2.05, 4.69) is 41.9 Å². The Bertz CT molecular complexity index is 325. The lowest BCUT2D eigenvalue weighted by molar-refractivity contribution is 0.0326. The molecule has 1 atom stereocenters. The van der Waals surface area contributed by atoms with Crippen molar-refractivity contribution < 1.29 is 5.11 Å². The molecule has 0 radical (unpaired) electrons.